The molecule has 1 atom stereocenters. The quantitative estimate of drug-likeness (QED) is 0.663. The van der Waals surface area contributed by atoms with Gasteiger partial charge >= 0.3 is 0 Å². The first-order chi connectivity index (χ1) is 11.4. The maximum Gasteiger partial charge on any atom is 0.257 e. The van der Waals surface area contributed by atoms with Gasteiger partial charge in [0.15, 0.2) is 22.6 Å². The van der Waals surface area contributed by atoms with Crippen molar-refractivity contribution in [3.05, 3.63) is 51.7 Å². The Morgan fingerprint density at radius 2 is 2.08 bits per heavy atom. The van der Waals surface area contributed by atoms with E-state index in [0.29, 0.717) is 16.5 Å². The van der Waals surface area contributed by atoms with Crippen LogP contribution in [-0.2, 0) is 11.3 Å². The lowest BCUT2D eigenvalue weighted by Crippen LogP contribution is -2.37. The van der Waals surface area contributed by atoms with Gasteiger partial charge in [-0.3, -0.25) is 14.2 Å². The highest BCUT2D eigenvalue weighted by Crippen LogP contribution is 2.26. The lowest BCUT2D eigenvalue weighted by molar-refractivity contribution is -0.119. The Balaban J connectivity index is 1.81. The van der Waals surface area contributed by atoms with Crippen LogP contribution in [-0.4, -0.2) is 21.2 Å². The van der Waals surface area contributed by atoms with E-state index in [-0.39, 0.29) is 12.1 Å². The summed E-state index contributed by atoms with van der Waals surface area (Å²) in [6.45, 7) is 1.71. The Morgan fingerprint density at radius 3 is 2.83 bits per heavy atom. The lowest BCUT2D eigenvalue weighted by atomic mass is 10.1. The van der Waals surface area contributed by atoms with Gasteiger partial charge in [0, 0.05) is 24.1 Å². The molecule has 126 valence electrons. The summed E-state index contributed by atoms with van der Waals surface area (Å²) in [5.74, 6) is -5.30. The fourth-order valence-corrected chi connectivity index (χ4v) is 3.36. The van der Waals surface area contributed by atoms with Gasteiger partial charge < -0.3 is 5.32 Å². The van der Waals surface area contributed by atoms with Crippen molar-refractivity contribution in [3.63, 3.8) is 0 Å². The highest BCUT2D eigenvalue weighted by atomic mass is 32.2. The highest BCUT2D eigenvalue weighted by Gasteiger charge is 2.28. The number of anilines is 1. The van der Waals surface area contributed by atoms with Gasteiger partial charge in [0.05, 0.1) is 11.6 Å². The van der Waals surface area contributed by atoms with Crippen LogP contribution in [0.15, 0.2) is 28.3 Å². The zero-order valence-electron chi connectivity index (χ0n) is 12.5. The third-order valence-corrected chi connectivity index (χ3v) is 4.82. The maximum atomic E-state index is 13.6. The molecule has 0 radical (unpaired) electrons. The second kappa shape index (κ2) is 6.31. The summed E-state index contributed by atoms with van der Waals surface area (Å²) in [5, 5.41) is 2.75. The van der Waals surface area contributed by atoms with Gasteiger partial charge in [-0.15, -0.1) is 0 Å². The first kappa shape index (κ1) is 16.6. The number of aryl methyl sites for hydroxylation is 1. The Morgan fingerprint density at radius 1 is 1.33 bits per heavy atom. The predicted molar refractivity (Wildman–Crippen MR) is 82.4 cm³/mol. The van der Waals surface area contributed by atoms with Crippen molar-refractivity contribution in [2.45, 2.75) is 18.6 Å². The van der Waals surface area contributed by atoms with Gasteiger partial charge in [-0.25, -0.2) is 18.2 Å². The molecule has 0 aliphatic carbocycles. The first-order valence-electron chi connectivity index (χ1n) is 7.02. The molecule has 1 aromatic heterocycles. The molecular weight excluding hydrogens is 343 g/mol. The van der Waals surface area contributed by atoms with Gasteiger partial charge in [-0.05, 0) is 19.1 Å². The van der Waals surface area contributed by atoms with E-state index >= 15 is 0 Å². The number of fused-ring (bicyclic) bond motifs is 1. The number of rotatable bonds is 2. The molecule has 3 rings (SSSR count). The van der Waals surface area contributed by atoms with Crippen molar-refractivity contribution in [3.8, 4) is 0 Å². The van der Waals surface area contributed by atoms with E-state index in [9.17, 15) is 22.8 Å². The summed E-state index contributed by atoms with van der Waals surface area (Å²) in [4.78, 5) is 28.5. The largest absolute Gasteiger partial charge is 0.323 e. The molecule has 1 aliphatic rings. The third kappa shape index (κ3) is 2.91. The van der Waals surface area contributed by atoms with Crippen molar-refractivity contribution in [2.24, 2.45) is 5.92 Å². The molecule has 1 aliphatic heterocycles. The molecule has 1 aromatic carbocycles. The van der Waals surface area contributed by atoms with Crippen molar-refractivity contribution >= 4 is 23.4 Å². The molecular formula is C15H12F3N3O2S. The summed E-state index contributed by atoms with van der Waals surface area (Å²) in [6.07, 6.45) is 1.47. The first-order valence-corrected chi connectivity index (χ1v) is 8.00. The molecule has 0 saturated carbocycles. The minimum Gasteiger partial charge on any atom is -0.323 e. The lowest BCUT2D eigenvalue weighted by Gasteiger charge is -2.24. The van der Waals surface area contributed by atoms with Gasteiger partial charge in [-0.2, -0.15) is 0 Å². The van der Waals surface area contributed by atoms with Gasteiger partial charge in [0.2, 0.25) is 5.91 Å². The average molecular weight is 355 g/mol. The van der Waals surface area contributed by atoms with Crippen molar-refractivity contribution < 1.29 is 18.0 Å². The molecule has 0 fully saturated rings. The minimum atomic E-state index is -1.65. The molecule has 1 amide bonds. The number of halogens is 3. The van der Waals surface area contributed by atoms with E-state index in [0.717, 1.165) is 12.1 Å². The van der Waals surface area contributed by atoms with Crippen LogP contribution < -0.4 is 10.9 Å². The van der Waals surface area contributed by atoms with Crippen LogP contribution in [0.4, 0.5) is 18.9 Å². The van der Waals surface area contributed by atoms with E-state index in [1.54, 1.807) is 6.92 Å². The normalized spacial score (nSPS) is 16.6. The van der Waals surface area contributed by atoms with E-state index in [2.05, 4.69) is 10.3 Å². The summed E-state index contributed by atoms with van der Waals surface area (Å²) in [7, 11) is 0. The van der Waals surface area contributed by atoms with Gasteiger partial charge in [0.1, 0.15) is 0 Å². The molecule has 2 aromatic rings. The monoisotopic (exact) mass is 355 g/mol. The number of hydrogen-bond donors (Lipinski definition) is 1. The Hall–Kier alpha value is -2.29. The standard InChI is InChI=1S/C15H12F3N3O2S/c1-7-4-19-15-21(14(7)23)5-8(6-24-15)13(22)20-10-3-2-9(16)11(17)12(10)18/h2-4,8H,5-6H2,1H3,(H,20,22). The van der Waals surface area contributed by atoms with Crippen molar-refractivity contribution in [1.82, 2.24) is 9.55 Å². The van der Waals surface area contributed by atoms with Crippen LogP contribution in [0.5, 0.6) is 0 Å². The molecule has 2 heterocycles. The van der Waals surface area contributed by atoms with E-state index in [1.165, 1.54) is 22.5 Å². The van der Waals surface area contributed by atoms with Crippen LogP contribution in [0, 0.1) is 30.3 Å². The number of nitrogens with zero attached hydrogens (tertiary/aromatic N) is 2. The van der Waals surface area contributed by atoms with Crippen LogP contribution in [0.1, 0.15) is 5.56 Å². The molecule has 1 unspecified atom stereocenters. The summed E-state index contributed by atoms with van der Waals surface area (Å²) < 4.78 is 41.2. The fraction of sp³-hybridized carbons (Fsp3) is 0.267. The summed E-state index contributed by atoms with van der Waals surface area (Å²) >= 11 is 1.23. The molecule has 9 heteroatoms. The molecule has 24 heavy (non-hydrogen) atoms. The number of thioether (sulfide) groups is 1. The highest BCUT2D eigenvalue weighted by molar-refractivity contribution is 7.99. The van der Waals surface area contributed by atoms with E-state index in [1.807, 2.05) is 0 Å². The topological polar surface area (TPSA) is 64.0 Å². The Kier molecular flexibility index (Phi) is 4.35. The zero-order chi connectivity index (χ0) is 17.4. The molecule has 0 bridgehead atoms. The van der Waals surface area contributed by atoms with Crippen molar-refractivity contribution in [1.29, 1.82) is 0 Å². The third-order valence-electron chi connectivity index (χ3n) is 3.66. The zero-order valence-corrected chi connectivity index (χ0v) is 13.3. The molecule has 5 nitrogen and oxygen atoms in total. The number of aromatic nitrogens is 2. The Labute approximate surface area is 138 Å². The number of amides is 1. The molecule has 0 spiro atoms. The molecule has 0 saturated heterocycles. The molecule has 1 N–H and O–H groups in total. The van der Waals surface area contributed by atoms with Gasteiger partial charge in [-0.1, -0.05) is 11.8 Å². The number of benzene rings is 1. The minimum absolute atomic E-state index is 0.0903. The second-order valence-corrected chi connectivity index (χ2v) is 6.35. The number of hydrogen-bond acceptors (Lipinski definition) is 4. The van der Waals surface area contributed by atoms with Gasteiger partial charge in [0.25, 0.3) is 5.56 Å². The van der Waals surface area contributed by atoms with Crippen LogP contribution in [0.25, 0.3) is 0 Å². The van der Waals surface area contributed by atoms with Crippen molar-refractivity contribution in [2.75, 3.05) is 11.1 Å². The maximum absolute atomic E-state index is 13.6. The smallest absolute Gasteiger partial charge is 0.257 e. The number of nitrogens with one attached hydrogen (secondary N) is 1. The van der Waals surface area contributed by atoms with Crippen LogP contribution >= 0.6 is 11.8 Å². The predicted octanol–water partition coefficient (Wildman–Crippen LogP) is 2.33. The SMILES string of the molecule is Cc1cnc2n(c1=O)CC(C(=O)Nc1ccc(F)c(F)c1F)CS2. The van der Waals surface area contributed by atoms with E-state index < -0.39 is 35.0 Å². The van der Waals surface area contributed by atoms with E-state index in [4.69, 9.17) is 0 Å². The van der Waals surface area contributed by atoms with Crippen LogP contribution in [0.3, 0.4) is 0 Å². The number of carbonyl (C=O) groups excluding carboxylic acids is 1. The Bertz CT molecular complexity index is 885. The number of carbonyl (C=O) groups is 1. The summed E-state index contributed by atoms with van der Waals surface area (Å²) in [5.41, 5.74) is -0.236. The average Bonchev–Trinajstić information content (AvgIpc) is 2.58. The van der Waals surface area contributed by atoms with Crippen LogP contribution in [0.2, 0.25) is 0 Å². The summed E-state index contributed by atoms with van der Waals surface area (Å²) in [6, 6.07) is 1.68. The fourth-order valence-electron chi connectivity index (χ4n) is 2.32. The second-order valence-electron chi connectivity index (χ2n) is 5.36.